The zero-order chi connectivity index (χ0) is 20.6. The molecule has 0 radical (unpaired) electrons. The molecule has 1 rings (SSSR count). The molecule has 0 aliphatic heterocycles. The van der Waals surface area contributed by atoms with Crippen LogP contribution in [0.15, 0.2) is 12.1 Å². The summed E-state index contributed by atoms with van der Waals surface area (Å²) in [5, 5.41) is 5.80. The van der Waals surface area contributed by atoms with Gasteiger partial charge in [0.25, 0.3) is 5.91 Å². The second-order valence-electron chi connectivity index (χ2n) is 7.03. The third-order valence-electron chi connectivity index (χ3n) is 4.18. The Morgan fingerprint density at radius 3 is 2.37 bits per heavy atom. The zero-order valence-electron chi connectivity index (χ0n) is 17.0. The highest BCUT2D eigenvalue weighted by atomic mass is 35.5. The molecule has 0 fully saturated rings. The Morgan fingerprint density at radius 2 is 1.81 bits per heavy atom. The highest BCUT2D eigenvalue weighted by molar-refractivity contribution is 6.32. The molecule has 0 aliphatic rings. The van der Waals surface area contributed by atoms with Crippen LogP contribution in [0, 0.1) is 5.92 Å². The van der Waals surface area contributed by atoms with E-state index in [2.05, 4.69) is 24.5 Å². The van der Waals surface area contributed by atoms with Gasteiger partial charge in [-0.05, 0) is 44.7 Å². The van der Waals surface area contributed by atoms with E-state index in [-0.39, 0.29) is 11.9 Å². The molecule has 2 amide bonds. The highest BCUT2D eigenvalue weighted by Crippen LogP contribution is 2.36. The highest BCUT2D eigenvalue weighted by Gasteiger charge is 2.20. The molecule has 6 nitrogen and oxygen atoms in total. The van der Waals surface area contributed by atoms with Crippen LogP contribution in [0.5, 0.6) is 11.5 Å². The first-order valence-electron chi connectivity index (χ1n) is 9.31. The minimum Gasteiger partial charge on any atom is -0.493 e. The first kappa shape index (κ1) is 23.1. The summed E-state index contributed by atoms with van der Waals surface area (Å²) in [6.07, 6.45) is 1.70. The van der Waals surface area contributed by atoms with Crippen LogP contribution in [-0.2, 0) is 4.79 Å². The fourth-order valence-corrected chi connectivity index (χ4v) is 2.47. The van der Waals surface area contributed by atoms with Crippen molar-refractivity contribution in [1.29, 1.82) is 0 Å². The molecule has 2 atom stereocenters. The number of carbonyl (C=O) groups excluding carboxylic acids is 2. The molecular formula is C20H31ClN2O4. The van der Waals surface area contributed by atoms with E-state index in [1.54, 1.807) is 13.0 Å². The summed E-state index contributed by atoms with van der Waals surface area (Å²) in [5.41, 5.74) is 0.302. The normalized spacial score (nSPS) is 13.0. The maximum Gasteiger partial charge on any atom is 0.252 e. The van der Waals surface area contributed by atoms with Gasteiger partial charge in [-0.25, -0.2) is 0 Å². The van der Waals surface area contributed by atoms with E-state index in [9.17, 15) is 9.59 Å². The minimum atomic E-state index is -0.668. The van der Waals surface area contributed by atoms with E-state index < -0.39 is 11.9 Å². The molecule has 0 spiro atoms. The number of methoxy groups -OCH3 is 1. The molecule has 0 aliphatic carbocycles. The van der Waals surface area contributed by atoms with E-state index in [0.717, 1.165) is 12.8 Å². The molecule has 0 saturated carbocycles. The number of amides is 2. The number of nitrogens with one attached hydrogen (secondary N) is 2. The summed E-state index contributed by atoms with van der Waals surface area (Å²) >= 11 is 6.30. The second-order valence-corrected chi connectivity index (χ2v) is 7.44. The molecule has 152 valence electrons. The fourth-order valence-electron chi connectivity index (χ4n) is 2.20. The summed E-state index contributed by atoms with van der Waals surface area (Å²) < 4.78 is 11.1. The summed E-state index contributed by atoms with van der Waals surface area (Å²) in [6.45, 7) is 10.2. The average molecular weight is 399 g/mol. The first-order valence-corrected chi connectivity index (χ1v) is 9.68. The van der Waals surface area contributed by atoms with Crippen LogP contribution in [0.2, 0.25) is 5.02 Å². The van der Waals surface area contributed by atoms with Gasteiger partial charge >= 0.3 is 0 Å². The third-order valence-corrected chi connectivity index (χ3v) is 4.46. The monoisotopic (exact) mass is 398 g/mol. The van der Waals surface area contributed by atoms with Gasteiger partial charge in [-0.15, -0.1) is 0 Å². The van der Waals surface area contributed by atoms with Gasteiger partial charge in [0.15, 0.2) is 11.5 Å². The fraction of sp³-hybridized carbons (Fsp3) is 0.600. The quantitative estimate of drug-likeness (QED) is 0.628. The molecule has 0 bridgehead atoms. The number of halogens is 1. The SMILES string of the molecule is CCC(C)NC(=O)C(C)NC(=O)c1cc(Cl)c(OCCC(C)C)c(OC)c1. The van der Waals surface area contributed by atoms with E-state index in [1.165, 1.54) is 13.2 Å². The molecule has 27 heavy (non-hydrogen) atoms. The molecule has 7 heteroatoms. The standard InChI is InChI=1S/C20H31ClN2O4/c1-7-13(4)22-19(24)14(5)23-20(25)15-10-16(21)18(17(11-15)26-6)27-9-8-12(2)3/h10-14H,7-9H2,1-6H3,(H,22,24)(H,23,25). The van der Waals surface area contributed by atoms with E-state index >= 15 is 0 Å². The first-order chi connectivity index (χ1) is 12.7. The Kier molecular flexibility index (Phi) is 9.43. The van der Waals surface area contributed by atoms with Crippen molar-refractivity contribution in [3.8, 4) is 11.5 Å². The summed E-state index contributed by atoms with van der Waals surface area (Å²) in [5.74, 6) is 0.662. The van der Waals surface area contributed by atoms with Crippen LogP contribution < -0.4 is 20.1 Å². The Morgan fingerprint density at radius 1 is 1.15 bits per heavy atom. The van der Waals surface area contributed by atoms with Gasteiger partial charge in [-0.3, -0.25) is 9.59 Å². The number of hydrogen-bond acceptors (Lipinski definition) is 4. The Balaban J connectivity index is 2.85. The molecule has 2 N–H and O–H groups in total. The van der Waals surface area contributed by atoms with Crippen molar-refractivity contribution < 1.29 is 19.1 Å². The number of hydrogen-bond donors (Lipinski definition) is 2. The van der Waals surface area contributed by atoms with Crippen molar-refractivity contribution in [2.24, 2.45) is 5.92 Å². The summed E-state index contributed by atoms with van der Waals surface area (Å²) in [4.78, 5) is 24.6. The van der Waals surface area contributed by atoms with Gasteiger partial charge in [0.2, 0.25) is 5.91 Å². The van der Waals surface area contributed by atoms with Crippen LogP contribution in [-0.4, -0.2) is 37.6 Å². The maximum atomic E-state index is 12.5. The topological polar surface area (TPSA) is 76.7 Å². The van der Waals surface area contributed by atoms with Crippen molar-refractivity contribution >= 4 is 23.4 Å². The van der Waals surface area contributed by atoms with E-state index in [1.807, 2.05) is 13.8 Å². The van der Waals surface area contributed by atoms with Crippen LogP contribution in [0.4, 0.5) is 0 Å². The molecule has 2 unspecified atom stereocenters. The van der Waals surface area contributed by atoms with Crippen molar-refractivity contribution in [2.75, 3.05) is 13.7 Å². The van der Waals surface area contributed by atoms with Gasteiger partial charge in [0, 0.05) is 11.6 Å². The summed E-state index contributed by atoms with van der Waals surface area (Å²) in [7, 11) is 1.49. The predicted octanol–water partition coefficient (Wildman–Crippen LogP) is 3.81. The van der Waals surface area contributed by atoms with Crippen molar-refractivity contribution in [3.63, 3.8) is 0 Å². The molecule has 1 aromatic carbocycles. The van der Waals surface area contributed by atoms with Crippen molar-refractivity contribution in [1.82, 2.24) is 10.6 Å². The Bertz CT molecular complexity index is 649. The minimum absolute atomic E-state index is 0.0497. The van der Waals surface area contributed by atoms with Crippen LogP contribution in [0.1, 0.15) is 57.8 Å². The smallest absolute Gasteiger partial charge is 0.252 e. The van der Waals surface area contributed by atoms with Gasteiger partial charge < -0.3 is 20.1 Å². The second kappa shape index (κ2) is 11.0. The van der Waals surface area contributed by atoms with Crippen molar-refractivity contribution in [3.05, 3.63) is 22.7 Å². The van der Waals surface area contributed by atoms with Gasteiger partial charge in [-0.2, -0.15) is 0 Å². The van der Waals surface area contributed by atoms with E-state index in [0.29, 0.717) is 34.6 Å². The molecular weight excluding hydrogens is 368 g/mol. The summed E-state index contributed by atoms with van der Waals surface area (Å²) in [6, 6.07) is 2.46. The molecule has 0 aromatic heterocycles. The lowest BCUT2D eigenvalue weighted by Gasteiger charge is -2.18. The van der Waals surface area contributed by atoms with Gasteiger partial charge in [-0.1, -0.05) is 32.4 Å². The largest absolute Gasteiger partial charge is 0.493 e. The maximum absolute atomic E-state index is 12.5. The average Bonchev–Trinajstić information content (AvgIpc) is 2.61. The molecule has 0 saturated heterocycles. The third kappa shape index (κ3) is 7.29. The zero-order valence-corrected chi connectivity index (χ0v) is 17.8. The van der Waals surface area contributed by atoms with Crippen LogP contribution >= 0.6 is 11.6 Å². The van der Waals surface area contributed by atoms with Gasteiger partial charge in [0.05, 0.1) is 18.7 Å². The number of carbonyl (C=O) groups is 2. The van der Waals surface area contributed by atoms with Gasteiger partial charge in [0.1, 0.15) is 6.04 Å². The predicted molar refractivity (Wildman–Crippen MR) is 108 cm³/mol. The molecule has 1 aromatic rings. The number of ether oxygens (including phenoxy) is 2. The van der Waals surface area contributed by atoms with Crippen LogP contribution in [0.25, 0.3) is 0 Å². The van der Waals surface area contributed by atoms with E-state index in [4.69, 9.17) is 21.1 Å². The molecule has 0 heterocycles. The lowest BCUT2D eigenvalue weighted by molar-refractivity contribution is -0.123. The van der Waals surface area contributed by atoms with Crippen LogP contribution in [0.3, 0.4) is 0 Å². The lowest BCUT2D eigenvalue weighted by atomic mass is 10.1. The number of benzene rings is 1. The number of rotatable bonds is 10. The Labute approximate surface area is 166 Å². The van der Waals surface area contributed by atoms with Crippen molar-refractivity contribution in [2.45, 2.75) is 59.5 Å². The Hall–Kier alpha value is -1.95. The lowest BCUT2D eigenvalue weighted by Crippen LogP contribution is -2.47.